The highest BCUT2D eigenvalue weighted by Crippen LogP contribution is 2.34. The molecule has 0 aliphatic carbocycles. The minimum absolute atomic E-state index is 0.0894. The first-order valence-electron chi connectivity index (χ1n) is 8.33. The first-order chi connectivity index (χ1) is 12.2. The van der Waals surface area contributed by atoms with Crippen LogP contribution < -0.4 is 0 Å². The van der Waals surface area contributed by atoms with Crippen LogP contribution in [0.5, 0.6) is 0 Å². The molecule has 0 spiro atoms. The van der Waals surface area contributed by atoms with Gasteiger partial charge >= 0.3 is 0 Å². The molecular formula is C18H19N5O2. The Labute approximate surface area is 145 Å². The highest BCUT2D eigenvalue weighted by Gasteiger charge is 2.36. The molecule has 0 unspecified atom stereocenters. The second-order valence-corrected chi connectivity index (χ2v) is 6.42. The Balaban J connectivity index is 1.78. The molecule has 0 aromatic carbocycles. The summed E-state index contributed by atoms with van der Waals surface area (Å²) >= 11 is 0. The van der Waals surface area contributed by atoms with Crippen molar-refractivity contribution in [2.45, 2.75) is 32.2 Å². The lowest BCUT2D eigenvalue weighted by Gasteiger charge is -2.35. The molecule has 0 fully saturated rings. The zero-order chi connectivity index (χ0) is 17.4. The molecule has 0 saturated heterocycles. The number of aromatic amines is 1. The van der Waals surface area contributed by atoms with Crippen molar-refractivity contribution in [3.05, 3.63) is 65.7 Å². The summed E-state index contributed by atoms with van der Waals surface area (Å²) in [5, 5.41) is 0. The molecule has 128 valence electrons. The zero-order valence-electron chi connectivity index (χ0n) is 14.1. The molecule has 3 aromatic rings. The number of carbonyl (C=O) groups is 1. The van der Waals surface area contributed by atoms with Crippen LogP contribution in [0.2, 0.25) is 0 Å². The standard InChI is InChI=1S/C18H19N5O2/c1-11(2)17-15(22-10-25-17)18(24)23-8-5-13-14(21-9-20-13)16(23)12-3-6-19-7-4-12/h3-4,6-7,9-11,16H,5,8H2,1-2H3,(H,20,21)/t16-/m1/s1. The third-order valence-electron chi connectivity index (χ3n) is 4.53. The Morgan fingerprint density at radius 2 is 2.12 bits per heavy atom. The molecular weight excluding hydrogens is 318 g/mol. The van der Waals surface area contributed by atoms with Gasteiger partial charge < -0.3 is 14.3 Å². The predicted octanol–water partition coefficient (Wildman–Crippen LogP) is 2.70. The Morgan fingerprint density at radius 1 is 1.32 bits per heavy atom. The molecule has 1 aliphatic heterocycles. The maximum atomic E-state index is 13.3. The average molecular weight is 337 g/mol. The number of H-pyrrole nitrogens is 1. The van der Waals surface area contributed by atoms with Crippen LogP contribution in [0.3, 0.4) is 0 Å². The number of rotatable bonds is 3. The number of nitrogens with zero attached hydrogens (tertiary/aromatic N) is 4. The van der Waals surface area contributed by atoms with E-state index in [1.54, 1.807) is 18.7 Å². The van der Waals surface area contributed by atoms with Gasteiger partial charge in [-0.15, -0.1) is 0 Å². The molecule has 1 N–H and O–H groups in total. The molecule has 3 aromatic heterocycles. The molecule has 4 heterocycles. The van der Waals surface area contributed by atoms with Crippen LogP contribution >= 0.6 is 0 Å². The summed E-state index contributed by atoms with van der Waals surface area (Å²) < 4.78 is 5.44. The maximum absolute atomic E-state index is 13.3. The van der Waals surface area contributed by atoms with Crippen molar-refractivity contribution in [1.29, 1.82) is 0 Å². The quantitative estimate of drug-likeness (QED) is 0.794. The van der Waals surface area contributed by atoms with Crippen LogP contribution in [-0.4, -0.2) is 37.3 Å². The lowest BCUT2D eigenvalue weighted by Crippen LogP contribution is -2.41. The van der Waals surface area contributed by atoms with E-state index in [9.17, 15) is 4.79 Å². The van der Waals surface area contributed by atoms with Gasteiger partial charge in [-0.3, -0.25) is 9.78 Å². The van der Waals surface area contributed by atoms with Gasteiger partial charge in [0.05, 0.1) is 12.0 Å². The molecule has 7 heteroatoms. The number of oxazole rings is 1. The second kappa shape index (κ2) is 6.16. The second-order valence-electron chi connectivity index (χ2n) is 6.42. The van der Waals surface area contributed by atoms with Crippen LogP contribution in [-0.2, 0) is 6.42 Å². The Kier molecular flexibility index (Phi) is 3.83. The van der Waals surface area contributed by atoms with Gasteiger partial charge in [-0.2, -0.15) is 0 Å². The van der Waals surface area contributed by atoms with Crippen LogP contribution in [0.25, 0.3) is 0 Å². The monoisotopic (exact) mass is 337 g/mol. The largest absolute Gasteiger partial charge is 0.447 e. The Hall–Kier alpha value is -2.96. The first kappa shape index (κ1) is 15.6. The van der Waals surface area contributed by atoms with Gasteiger partial charge in [0, 0.05) is 37.0 Å². The highest BCUT2D eigenvalue weighted by molar-refractivity contribution is 5.94. The number of aromatic nitrogens is 4. The third kappa shape index (κ3) is 2.61. The molecule has 1 amide bonds. The molecule has 1 atom stereocenters. The van der Waals surface area contributed by atoms with E-state index in [0.29, 0.717) is 18.0 Å². The van der Waals surface area contributed by atoms with Crippen molar-refractivity contribution in [2.24, 2.45) is 0 Å². The number of pyridine rings is 1. The van der Waals surface area contributed by atoms with E-state index in [-0.39, 0.29) is 17.9 Å². The minimum Gasteiger partial charge on any atom is -0.447 e. The molecule has 7 nitrogen and oxygen atoms in total. The van der Waals surface area contributed by atoms with Crippen LogP contribution in [0.4, 0.5) is 0 Å². The van der Waals surface area contributed by atoms with Gasteiger partial charge in [0.15, 0.2) is 12.1 Å². The molecule has 1 aliphatic rings. The van der Waals surface area contributed by atoms with E-state index < -0.39 is 0 Å². The van der Waals surface area contributed by atoms with Gasteiger partial charge in [-0.1, -0.05) is 13.8 Å². The summed E-state index contributed by atoms with van der Waals surface area (Å²) in [5.74, 6) is 0.575. The topological polar surface area (TPSA) is 87.9 Å². The average Bonchev–Trinajstić information content (AvgIpc) is 3.30. The molecule has 0 saturated carbocycles. The molecule has 0 radical (unpaired) electrons. The predicted molar refractivity (Wildman–Crippen MR) is 90.0 cm³/mol. The molecule has 25 heavy (non-hydrogen) atoms. The number of hydrogen-bond donors (Lipinski definition) is 1. The number of hydrogen-bond acceptors (Lipinski definition) is 5. The van der Waals surface area contributed by atoms with E-state index in [1.807, 2.05) is 30.9 Å². The van der Waals surface area contributed by atoms with E-state index >= 15 is 0 Å². The number of imidazole rings is 1. The van der Waals surface area contributed by atoms with Gasteiger partial charge in [0.1, 0.15) is 11.8 Å². The number of carbonyl (C=O) groups excluding carboxylic acids is 1. The van der Waals surface area contributed by atoms with Gasteiger partial charge in [-0.05, 0) is 17.7 Å². The fraction of sp³-hybridized carbons (Fsp3) is 0.333. The van der Waals surface area contributed by atoms with Crippen molar-refractivity contribution in [3.8, 4) is 0 Å². The SMILES string of the molecule is CC(C)c1ocnc1C(=O)N1CCc2[nH]cnc2[C@H]1c1ccncc1. The third-order valence-corrected chi connectivity index (χ3v) is 4.53. The van der Waals surface area contributed by atoms with Gasteiger partial charge in [0.2, 0.25) is 0 Å². The summed E-state index contributed by atoms with van der Waals surface area (Å²) in [6, 6.07) is 3.57. The zero-order valence-corrected chi connectivity index (χ0v) is 14.1. The highest BCUT2D eigenvalue weighted by atomic mass is 16.3. The van der Waals surface area contributed by atoms with Crippen LogP contribution in [0.1, 0.15) is 59.0 Å². The summed E-state index contributed by atoms with van der Waals surface area (Å²) in [6.45, 7) is 4.56. The van der Waals surface area contributed by atoms with Crippen molar-refractivity contribution < 1.29 is 9.21 Å². The molecule has 4 rings (SSSR count). The number of amides is 1. The van der Waals surface area contributed by atoms with E-state index in [2.05, 4.69) is 19.9 Å². The van der Waals surface area contributed by atoms with E-state index in [0.717, 1.165) is 23.4 Å². The van der Waals surface area contributed by atoms with Crippen LogP contribution in [0, 0.1) is 0 Å². The Morgan fingerprint density at radius 3 is 2.88 bits per heavy atom. The van der Waals surface area contributed by atoms with Gasteiger partial charge in [0.25, 0.3) is 5.91 Å². The van der Waals surface area contributed by atoms with E-state index in [4.69, 9.17) is 4.42 Å². The minimum atomic E-state index is -0.262. The van der Waals surface area contributed by atoms with Crippen molar-refractivity contribution >= 4 is 5.91 Å². The van der Waals surface area contributed by atoms with Crippen molar-refractivity contribution in [3.63, 3.8) is 0 Å². The number of fused-ring (bicyclic) bond motifs is 1. The number of nitrogens with one attached hydrogen (secondary N) is 1. The summed E-state index contributed by atoms with van der Waals surface area (Å²) in [7, 11) is 0. The smallest absolute Gasteiger partial charge is 0.276 e. The lowest BCUT2D eigenvalue weighted by molar-refractivity contribution is 0.0682. The summed E-state index contributed by atoms with van der Waals surface area (Å²) in [5.41, 5.74) is 3.30. The van der Waals surface area contributed by atoms with Crippen molar-refractivity contribution in [1.82, 2.24) is 24.8 Å². The Bertz CT molecular complexity index is 884. The fourth-order valence-electron chi connectivity index (χ4n) is 3.34. The van der Waals surface area contributed by atoms with Gasteiger partial charge in [-0.25, -0.2) is 9.97 Å². The maximum Gasteiger partial charge on any atom is 0.276 e. The van der Waals surface area contributed by atoms with Crippen LogP contribution in [0.15, 0.2) is 41.7 Å². The van der Waals surface area contributed by atoms with E-state index in [1.165, 1.54) is 6.39 Å². The normalized spacial score (nSPS) is 16.9. The summed E-state index contributed by atoms with van der Waals surface area (Å²) in [6.07, 6.45) is 7.22. The first-order valence-corrected chi connectivity index (χ1v) is 8.33. The summed E-state index contributed by atoms with van der Waals surface area (Å²) in [4.78, 5) is 31.0. The van der Waals surface area contributed by atoms with Crippen molar-refractivity contribution in [2.75, 3.05) is 6.54 Å². The fourth-order valence-corrected chi connectivity index (χ4v) is 3.34. The molecule has 0 bridgehead atoms. The lowest BCUT2D eigenvalue weighted by atomic mass is 9.95.